The number of hydrogen-bond donors (Lipinski definition) is 2. The fourth-order valence-corrected chi connectivity index (χ4v) is 4.36. The molecular weight excluding hydrogens is 338 g/mol. The highest BCUT2D eigenvalue weighted by Gasteiger charge is 2.29. The molecule has 1 aliphatic heterocycles. The van der Waals surface area contributed by atoms with Crippen LogP contribution in [0, 0.1) is 0 Å². The summed E-state index contributed by atoms with van der Waals surface area (Å²) in [6.45, 7) is 1.25. The van der Waals surface area contributed by atoms with Gasteiger partial charge < -0.3 is 10.6 Å². The number of carbonyl (C=O) groups excluding carboxylic acids is 1. The van der Waals surface area contributed by atoms with Gasteiger partial charge in [-0.15, -0.1) is 0 Å². The number of benzene rings is 2. The van der Waals surface area contributed by atoms with Gasteiger partial charge in [0.15, 0.2) is 0 Å². The summed E-state index contributed by atoms with van der Waals surface area (Å²) >= 11 is 0. The summed E-state index contributed by atoms with van der Waals surface area (Å²) in [5, 5.41) is 1.79. The minimum Gasteiger partial charge on any atom is -0.341 e. The Balaban J connectivity index is 1.81. The maximum Gasteiger partial charge on any atom is 0.242 e. The molecule has 1 aliphatic rings. The van der Waals surface area contributed by atoms with Crippen molar-refractivity contribution in [2.75, 3.05) is 19.6 Å². The number of nitrogens with two attached hydrogens (primary N) is 1. The van der Waals surface area contributed by atoms with Gasteiger partial charge in [-0.1, -0.05) is 30.3 Å². The van der Waals surface area contributed by atoms with Gasteiger partial charge in [0, 0.05) is 19.6 Å². The molecule has 3 N–H and O–H groups in total. The third-order valence-corrected chi connectivity index (χ3v) is 6.00. The Hall–Kier alpha value is -1.96. The second-order valence-electron chi connectivity index (χ2n) is 6.30. The molecule has 0 saturated carbocycles. The molecule has 25 heavy (non-hydrogen) atoms. The number of carbonyl (C=O) groups is 1. The molecule has 6 nitrogen and oxygen atoms in total. The molecule has 1 fully saturated rings. The Morgan fingerprint density at radius 3 is 2.44 bits per heavy atom. The summed E-state index contributed by atoms with van der Waals surface area (Å²) < 4.78 is 27.9. The van der Waals surface area contributed by atoms with E-state index in [1.54, 1.807) is 23.1 Å². The van der Waals surface area contributed by atoms with Crippen LogP contribution in [0.5, 0.6) is 0 Å². The lowest BCUT2D eigenvalue weighted by Crippen LogP contribution is -2.53. The zero-order chi connectivity index (χ0) is 17.9. The van der Waals surface area contributed by atoms with Gasteiger partial charge >= 0.3 is 0 Å². The molecule has 0 aliphatic carbocycles. The molecule has 1 amide bonds. The van der Waals surface area contributed by atoms with Crippen molar-refractivity contribution in [1.29, 1.82) is 0 Å². The summed E-state index contributed by atoms with van der Waals surface area (Å²) in [5.74, 6) is -0.244. The van der Waals surface area contributed by atoms with Crippen molar-refractivity contribution in [2.24, 2.45) is 5.73 Å². The monoisotopic (exact) mass is 361 g/mol. The summed E-state index contributed by atoms with van der Waals surface area (Å²) in [5.41, 5.74) is 5.68. The van der Waals surface area contributed by atoms with Crippen LogP contribution in [0.3, 0.4) is 0 Å². The predicted molar refractivity (Wildman–Crippen MR) is 97.5 cm³/mol. The SMILES string of the molecule is NCC(NS(=O)(=O)c1ccc2ccccc2c1)C(=O)N1CCCCC1. The second kappa shape index (κ2) is 7.51. The van der Waals surface area contributed by atoms with Crippen LogP contribution >= 0.6 is 0 Å². The van der Waals surface area contributed by atoms with Crippen LogP contribution in [-0.4, -0.2) is 44.9 Å². The van der Waals surface area contributed by atoms with E-state index in [2.05, 4.69) is 4.72 Å². The largest absolute Gasteiger partial charge is 0.341 e. The van der Waals surface area contributed by atoms with Crippen LogP contribution in [0.1, 0.15) is 19.3 Å². The number of hydrogen-bond acceptors (Lipinski definition) is 4. The molecule has 1 heterocycles. The Morgan fingerprint density at radius 2 is 1.76 bits per heavy atom. The van der Waals surface area contributed by atoms with Gasteiger partial charge in [0.25, 0.3) is 0 Å². The second-order valence-corrected chi connectivity index (χ2v) is 8.02. The number of piperidine rings is 1. The van der Waals surface area contributed by atoms with E-state index in [0.29, 0.717) is 13.1 Å². The third-order valence-electron chi connectivity index (χ3n) is 4.53. The highest BCUT2D eigenvalue weighted by atomic mass is 32.2. The standard InChI is InChI=1S/C18H23N3O3S/c19-13-17(18(22)21-10-4-1-5-11-21)20-25(23,24)16-9-8-14-6-2-3-7-15(14)12-16/h2-3,6-9,12,17,20H,1,4-5,10-11,13,19H2. The average Bonchev–Trinajstić information content (AvgIpc) is 2.66. The van der Waals surface area contributed by atoms with Gasteiger partial charge in [0.2, 0.25) is 15.9 Å². The van der Waals surface area contributed by atoms with Crippen LogP contribution in [0.15, 0.2) is 47.4 Å². The van der Waals surface area contributed by atoms with Crippen molar-refractivity contribution >= 4 is 26.7 Å². The molecule has 3 rings (SSSR count). The van der Waals surface area contributed by atoms with E-state index in [1.165, 1.54) is 0 Å². The molecule has 1 saturated heterocycles. The van der Waals surface area contributed by atoms with Gasteiger partial charge in [0.1, 0.15) is 6.04 Å². The molecule has 2 aromatic rings. The third kappa shape index (κ3) is 4.00. The highest BCUT2D eigenvalue weighted by molar-refractivity contribution is 7.89. The molecule has 0 radical (unpaired) electrons. The fourth-order valence-electron chi connectivity index (χ4n) is 3.12. The van der Waals surface area contributed by atoms with E-state index in [0.717, 1.165) is 30.0 Å². The van der Waals surface area contributed by atoms with Crippen LogP contribution in [0.4, 0.5) is 0 Å². The normalized spacial score (nSPS) is 16.8. The minimum atomic E-state index is -3.82. The predicted octanol–water partition coefficient (Wildman–Crippen LogP) is 1.46. The van der Waals surface area contributed by atoms with E-state index in [-0.39, 0.29) is 17.3 Å². The maximum atomic E-state index is 12.7. The lowest BCUT2D eigenvalue weighted by Gasteiger charge is -2.30. The van der Waals surface area contributed by atoms with Crippen LogP contribution in [-0.2, 0) is 14.8 Å². The molecule has 0 spiro atoms. The Kier molecular flexibility index (Phi) is 5.36. The van der Waals surface area contributed by atoms with Crippen molar-refractivity contribution in [3.8, 4) is 0 Å². The number of nitrogens with zero attached hydrogens (tertiary/aromatic N) is 1. The number of likely N-dealkylation sites (tertiary alicyclic amines) is 1. The van der Waals surface area contributed by atoms with Gasteiger partial charge in [0.05, 0.1) is 4.90 Å². The van der Waals surface area contributed by atoms with Crippen molar-refractivity contribution in [3.05, 3.63) is 42.5 Å². The minimum absolute atomic E-state index is 0.0673. The first-order chi connectivity index (χ1) is 12.0. The zero-order valence-electron chi connectivity index (χ0n) is 14.0. The fraction of sp³-hybridized carbons (Fsp3) is 0.389. The van der Waals surface area contributed by atoms with E-state index in [1.807, 2.05) is 24.3 Å². The maximum absolute atomic E-state index is 12.7. The number of sulfonamides is 1. The summed E-state index contributed by atoms with van der Waals surface area (Å²) in [4.78, 5) is 14.4. The Bertz CT molecular complexity index is 861. The van der Waals surface area contributed by atoms with Gasteiger partial charge in [-0.3, -0.25) is 4.79 Å². The first-order valence-corrected chi connectivity index (χ1v) is 9.99. The molecule has 7 heteroatoms. The van der Waals surface area contributed by atoms with Crippen molar-refractivity contribution < 1.29 is 13.2 Å². The smallest absolute Gasteiger partial charge is 0.242 e. The molecule has 2 aromatic carbocycles. The highest BCUT2D eigenvalue weighted by Crippen LogP contribution is 2.19. The number of rotatable bonds is 5. The van der Waals surface area contributed by atoms with Gasteiger partial charge in [-0.2, -0.15) is 4.72 Å². The number of nitrogens with one attached hydrogen (secondary N) is 1. The first-order valence-electron chi connectivity index (χ1n) is 8.51. The van der Waals surface area contributed by atoms with Crippen LogP contribution in [0.25, 0.3) is 10.8 Å². The van der Waals surface area contributed by atoms with Gasteiger partial charge in [-0.05, 0) is 42.2 Å². The van der Waals surface area contributed by atoms with Crippen LogP contribution < -0.4 is 10.5 Å². The Morgan fingerprint density at radius 1 is 1.08 bits per heavy atom. The van der Waals surface area contributed by atoms with E-state index in [9.17, 15) is 13.2 Å². The summed E-state index contributed by atoms with van der Waals surface area (Å²) in [6, 6.07) is 11.5. The summed E-state index contributed by atoms with van der Waals surface area (Å²) in [6.07, 6.45) is 2.99. The topological polar surface area (TPSA) is 92.5 Å². The van der Waals surface area contributed by atoms with E-state index in [4.69, 9.17) is 5.73 Å². The van der Waals surface area contributed by atoms with Crippen molar-refractivity contribution in [3.63, 3.8) is 0 Å². The molecule has 0 bridgehead atoms. The average molecular weight is 361 g/mol. The van der Waals surface area contributed by atoms with Gasteiger partial charge in [-0.25, -0.2) is 8.42 Å². The van der Waals surface area contributed by atoms with E-state index < -0.39 is 16.1 Å². The van der Waals surface area contributed by atoms with Crippen LogP contribution in [0.2, 0.25) is 0 Å². The van der Waals surface area contributed by atoms with Crippen molar-refractivity contribution in [1.82, 2.24) is 9.62 Å². The molecule has 1 unspecified atom stereocenters. The summed E-state index contributed by atoms with van der Waals surface area (Å²) in [7, 11) is -3.82. The molecule has 0 aromatic heterocycles. The number of amides is 1. The quantitative estimate of drug-likeness (QED) is 0.843. The first kappa shape index (κ1) is 17.8. The molecular formula is C18H23N3O3S. The Labute approximate surface area is 148 Å². The molecule has 134 valence electrons. The zero-order valence-corrected chi connectivity index (χ0v) is 14.8. The van der Waals surface area contributed by atoms with E-state index >= 15 is 0 Å². The lowest BCUT2D eigenvalue weighted by molar-refractivity contribution is -0.133. The lowest BCUT2D eigenvalue weighted by atomic mass is 10.1. The van der Waals surface area contributed by atoms with Crippen molar-refractivity contribution in [2.45, 2.75) is 30.2 Å². The molecule has 1 atom stereocenters. The number of fused-ring (bicyclic) bond motifs is 1.